The Morgan fingerprint density at radius 3 is 2.59 bits per heavy atom. The number of hydrogen-bond acceptors (Lipinski definition) is 4. The van der Waals surface area contributed by atoms with Crippen molar-refractivity contribution in [1.82, 2.24) is 14.8 Å². The van der Waals surface area contributed by atoms with Crippen molar-refractivity contribution in [3.63, 3.8) is 0 Å². The van der Waals surface area contributed by atoms with Crippen LogP contribution in [0.5, 0.6) is 5.75 Å². The second kappa shape index (κ2) is 7.66. The normalized spacial score (nSPS) is 15.6. The predicted molar refractivity (Wildman–Crippen MR) is 108 cm³/mol. The van der Waals surface area contributed by atoms with Crippen LogP contribution in [0.1, 0.15) is 42.5 Å². The number of rotatable bonds is 6. The van der Waals surface area contributed by atoms with E-state index in [1.54, 1.807) is 6.33 Å². The largest absolute Gasteiger partial charge is 0.494 e. The predicted octanol–water partition coefficient (Wildman–Crippen LogP) is 4.82. The molecule has 1 aromatic heterocycles. The highest BCUT2D eigenvalue weighted by Crippen LogP contribution is 2.32. The van der Waals surface area contributed by atoms with Gasteiger partial charge in [-0.05, 0) is 42.7 Å². The minimum absolute atomic E-state index is 0.00950. The third-order valence-corrected chi connectivity index (χ3v) is 4.76. The van der Waals surface area contributed by atoms with Crippen molar-refractivity contribution in [3.8, 4) is 5.75 Å². The number of anilines is 1. The molecule has 27 heavy (non-hydrogen) atoms. The molecule has 5 nitrogen and oxygen atoms in total. The fraction of sp³-hybridized carbons (Fsp3) is 0.273. The van der Waals surface area contributed by atoms with Gasteiger partial charge in [0, 0.05) is 5.70 Å². The van der Waals surface area contributed by atoms with Crippen LogP contribution >= 0.6 is 0 Å². The molecule has 1 aliphatic rings. The third kappa shape index (κ3) is 3.72. The first-order chi connectivity index (χ1) is 13.2. The zero-order chi connectivity index (χ0) is 18.6. The van der Waals surface area contributed by atoms with Gasteiger partial charge in [0.05, 0.1) is 6.61 Å². The molecule has 0 bridgehead atoms. The first-order valence-electron chi connectivity index (χ1n) is 9.43. The fourth-order valence-electron chi connectivity index (χ4n) is 3.17. The van der Waals surface area contributed by atoms with E-state index in [1.165, 1.54) is 5.56 Å². The fourth-order valence-corrected chi connectivity index (χ4v) is 3.17. The number of fused-ring (bicyclic) bond motifs is 1. The van der Waals surface area contributed by atoms with Crippen molar-refractivity contribution in [2.75, 3.05) is 11.9 Å². The molecule has 0 radical (unpaired) electrons. The molecule has 0 spiro atoms. The average Bonchev–Trinajstić information content (AvgIpc) is 3.17. The zero-order valence-electron chi connectivity index (χ0n) is 15.7. The van der Waals surface area contributed by atoms with Crippen molar-refractivity contribution in [2.45, 2.75) is 32.7 Å². The Hall–Kier alpha value is -3.08. The summed E-state index contributed by atoms with van der Waals surface area (Å²) in [6, 6.07) is 16.8. The highest BCUT2D eigenvalue weighted by atomic mass is 16.5. The first kappa shape index (κ1) is 17.3. The molecule has 0 aliphatic carbocycles. The van der Waals surface area contributed by atoms with Gasteiger partial charge in [0.1, 0.15) is 18.1 Å². The van der Waals surface area contributed by atoms with E-state index in [4.69, 9.17) is 4.74 Å². The van der Waals surface area contributed by atoms with Crippen molar-refractivity contribution in [1.29, 1.82) is 0 Å². The minimum Gasteiger partial charge on any atom is -0.494 e. The molecule has 0 fully saturated rings. The maximum atomic E-state index is 5.78. The monoisotopic (exact) mass is 360 g/mol. The lowest BCUT2D eigenvalue weighted by molar-refractivity contribution is 0.309. The Balaban J connectivity index is 1.63. The smallest absolute Gasteiger partial charge is 0.226 e. The second-order valence-corrected chi connectivity index (χ2v) is 6.82. The summed E-state index contributed by atoms with van der Waals surface area (Å²) in [4.78, 5) is 4.37. The Kier molecular flexibility index (Phi) is 4.92. The molecule has 2 heterocycles. The van der Waals surface area contributed by atoms with Crippen LogP contribution in [0.4, 0.5) is 5.95 Å². The van der Waals surface area contributed by atoms with E-state index in [0.29, 0.717) is 0 Å². The molecule has 4 rings (SSSR count). The summed E-state index contributed by atoms with van der Waals surface area (Å²) in [5.74, 6) is 1.66. The van der Waals surface area contributed by atoms with Crippen molar-refractivity contribution in [3.05, 3.63) is 77.6 Å². The van der Waals surface area contributed by atoms with E-state index in [0.717, 1.165) is 48.0 Å². The molecular formula is C22H24N4O. The van der Waals surface area contributed by atoms with Crippen LogP contribution in [0.15, 0.2) is 60.9 Å². The Morgan fingerprint density at radius 1 is 1.07 bits per heavy atom. The van der Waals surface area contributed by atoms with Crippen LogP contribution in [0.3, 0.4) is 0 Å². The standard InChI is InChI=1S/C22H24N4O/c1-3-4-13-27-19-11-9-18(10-12-19)21-14-20(17-7-5-16(2)6-8-17)25-22-23-15-24-26(21)22/h5-12,14-15,21H,3-4,13H2,1-2H3,(H,23,24,25)/t21-/m0/s1. The van der Waals surface area contributed by atoms with Gasteiger partial charge in [0.2, 0.25) is 5.95 Å². The molecule has 0 saturated heterocycles. The molecule has 5 heteroatoms. The summed E-state index contributed by atoms with van der Waals surface area (Å²) in [5.41, 5.74) is 4.58. The lowest BCUT2D eigenvalue weighted by Gasteiger charge is -2.24. The highest BCUT2D eigenvalue weighted by molar-refractivity contribution is 5.77. The quantitative estimate of drug-likeness (QED) is 0.640. The lowest BCUT2D eigenvalue weighted by Crippen LogP contribution is -2.20. The molecule has 1 aliphatic heterocycles. The van der Waals surface area contributed by atoms with Gasteiger partial charge in [-0.15, -0.1) is 0 Å². The van der Waals surface area contributed by atoms with Gasteiger partial charge in [-0.25, -0.2) is 4.68 Å². The molecular weight excluding hydrogens is 336 g/mol. The number of ether oxygens (including phenoxy) is 1. The summed E-state index contributed by atoms with van der Waals surface area (Å²) in [5, 5.41) is 7.79. The second-order valence-electron chi connectivity index (χ2n) is 6.82. The number of aryl methyl sites for hydroxylation is 1. The van der Waals surface area contributed by atoms with E-state index in [1.807, 2.05) is 16.8 Å². The van der Waals surface area contributed by atoms with E-state index in [9.17, 15) is 0 Å². The van der Waals surface area contributed by atoms with E-state index in [2.05, 4.69) is 71.7 Å². The molecule has 138 valence electrons. The summed E-state index contributed by atoms with van der Waals surface area (Å²) in [6.45, 7) is 5.02. The summed E-state index contributed by atoms with van der Waals surface area (Å²) in [6.07, 6.45) is 5.98. The van der Waals surface area contributed by atoms with Crippen LogP contribution in [-0.4, -0.2) is 21.4 Å². The topological polar surface area (TPSA) is 52.0 Å². The molecule has 1 atom stereocenters. The van der Waals surface area contributed by atoms with Gasteiger partial charge in [-0.2, -0.15) is 10.1 Å². The Labute approximate surface area is 159 Å². The van der Waals surface area contributed by atoms with Gasteiger partial charge >= 0.3 is 0 Å². The van der Waals surface area contributed by atoms with E-state index in [-0.39, 0.29) is 6.04 Å². The maximum absolute atomic E-state index is 5.78. The molecule has 3 aromatic rings. The van der Waals surface area contributed by atoms with Gasteiger partial charge in [0.25, 0.3) is 0 Å². The number of hydrogen-bond donors (Lipinski definition) is 1. The van der Waals surface area contributed by atoms with Crippen LogP contribution in [0, 0.1) is 6.92 Å². The van der Waals surface area contributed by atoms with Gasteiger partial charge in [-0.1, -0.05) is 55.3 Å². The number of nitrogens with one attached hydrogen (secondary N) is 1. The van der Waals surface area contributed by atoms with Crippen LogP contribution < -0.4 is 10.1 Å². The number of nitrogens with zero attached hydrogens (tertiary/aromatic N) is 3. The molecule has 0 unspecified atom stereocenters. The summed E-state index contributed by atoms with van der Waals surface area (Å²) in [7, 11) is 0. The zero-order valence-corrected chi connectivity index (χ0v) is 15.7. The van der Waals surface area contributed by atoms with Crippen LogP contribution in [0.2, 0.25) is 0 Å². The Bertz CT molecular complexity index is 926. The number of unbranched alkanes of at least 4 members (excludes halogenated alkanes) is 1. The van der Waals surface area contributed by atoms with Gasteiger partial charge in [0.15, 0.2) is 0 Å². The van der Waals surface area contributed by atoms with E-state index < -0.39 is 0 Å². The highest BCUT2D eigenvalue weighted by Gasteiger charge is 2.23. The van der Waals surface area contributed by atoms with Gasteiger partial charge in [-0.3, -0.25) is 0 Å². The molecule has 1 N–H and O–H groups in total. The molecule has 0 amide bonds. The maximum Gasteiger partial charge on any atom is 0.226 e. The molecule has 2 aromatic carbocycles. The summed E-state index contributed by atoms with van der Waals surface area (Å²) < 4.78 is 7.69. The van der Waals surface area contributed by atoms with Crippen molar-refractivity contribution in [2.24, 2.45) is 0 Å². The minimum atomic E-state index is -0.00950. The third-order valence-electron chi connectivity index (χ3n) is 4.76. The number of allylic oxidation sites excluding steroid dienone is 1. The van der Waals surface area contributed by atoms with Crippen LogP contribution in [-0.2, 0) is 0 Å². The SMILES string of the molecule is CCCCOc1ccc([C@@H]2C=C(c3ccc(C)cc3)Nc3ncnn32)cc1. The van der Waals surface area contributed by atoms with Crippen LogP contribution in [0.25, 0.3) is 5.70 Å². The van der Waals surface area contributed by atoms with E-state index >= 15 is 0 Å². The number of benzene rings is 2. The lowest BCUT2D eigenvalue weighted by atomic mass is 10.0. The van der Waals surface area contributed by atoms with Crippen molar-refractivity contribution >= 4 is 11.6 Å². The Morgan fingerprint density at radius 2 is 1.85 bits per heavy atom. The molecule has 0 saturated carbocycles. The van der Waals surface area contributed by atoms with Crippen molar-refractivity contribution < 1.29 is 4.74 Å². The summed E-state index contributed by atoms with van der Waals surface area (Å²) >= 11 is 0. The number of aromatic nitrogens is 3. The van der Waals surface area contributed by atoms with Gasteiger partial charge < -0.3 is 10.1 Å². The average molecular weight is 360 g/mol. The first-order valence-corrected chi connectivity index (χ1v) is 9.43.